The van der Waals surface area contributed by atoms with E-state index < -0.39 is 10.0 Å². The minimum absolute atomic E-state index is 0.0382. The Bertz CT molecular complexity index is 1130. The molecule has 0 aliphatic rings. The van der Waals surface area contributed by atoms with E-state index in [9.17, 15) is 13.2 Å². The molecule has 2 N–H and O–H groups in total. The molecule has 0 radical (unpaired) electrons. The lowest BCUT2D eigenvalue weighted by atomic mass is 10.1. The van der Waals surface area contributed by atoms with Crippen molar-refractivity contribution in [3.05, 3.63) is 89.5 Å². The Morgan fingerprint density at radius 3 is 2.35 bits per heavy atom. The molecule has 0 unspecified atom stereocenters. The van der Waals surface area contributed by atoms with Crippen molar-refractivity contribution in [2.24, 2.45) is 0 Å². The summed E-state index contributed by atoms with van der Waals surface area (Å²) in [5.41, 5.74) is 2.53. The van der Waals surface area contributed by atoms with E-state index in [1.165, 1.54) is 12.1 Å². The van der Waals surface area contributed by atoms with Gasteiger partial charge in [-0.05, 0) is 62.2 Å². The van der Waals surface area contributed by atoms with Crippen molar-refractivity contribution in [1.82, 2.24) is 5.32 Å². The lowest BCUT2D eigenvalue weighted by Gasteiger charge is -2.12. The second-order valence-electron chi connectivity index (χ2n) is 7.22. The van der Waals surface area contributed by atoms with Gasteiger partial charge < -0.3 is 10.1 Å². The van der Waals surface area contributed by atoms with E-state index in [1.807, 2.05) is 49.4 Å². The molecule has 0 bridgehead atoms. The summed E-state index contributed by atoms with van der Waals surface area (Å²) in [5.74, 6) is 0.466. The Balaban J connectivity index is 1.60. The Morgan fingerprint density at radius 1 is 0.935 bits per heavy atom. The van der Waals surface area contributed by atoms with Gasteiger partial charge in [-0.15, -0.1) is 0 Å². The van der Waals surface area contributed by atoms with E-state index in [-0.39, 0.29) is 10.8 Å². The lowest BCUT2D eigenvalue weighted by Crippen LogP contribution is -2.26. The molecular formula is C24H26N2O4S. The summed E-state index contributed by atoms with van der Waals surface area (Å²) in [6.45, 7) is 4.59. The van der Waals surface area contributed by atoms with Crippen molar-refractivity contribution in [2.75, 3.05) is 17.9 Å². The molecule has 3 aromatic rings. The van der Waals surface area contributed by atoms with Gasteiger partial charge in [-0.2, -0.15) is 0 Å². The maximum Gasteiger partial charge on any atom is 0.261 e. The van der Waals surface area contributed by atoms with Crippen LogP contribution >= 0.6 is 0 Å². The third kappa shape index (κ3) is 6.33. The number of nitrogens with one attached hydrogen (secondary N) is 2. The second-order valence-corrected chi connectivity index (χ2v) is 8.90. The van der Waals surface area contributed by atoms with Gasteiger partial charge in [0.25, 0.3) is 15.9 Å². The average molecular weight is 439 g/mol. The van der Waals surface area contributed by atoms with Crippen LogP contribution in [0.2, 0.25) is 0 Å². The van der Waals surface area contributed by atoms with Crippen LogP contribution in [0.1, 0.15) is 27.9 Å². The number of sulfonamides is 1. The van der Waals surface area contributed by atoms with Crippen molar-refractivity contribution in [3.8, 4) is 5.75 Å². The van der Waals surface area contributed by atoms with E-state index in [2.05, 4.69) is 10.0 Å². The third-order valence-corrected chi connectivity index (χ3v) is 6.07. The molecule has 0 spiro atoms. The number of hydrogen-bond donors (Lipinski definition) is 2. The fraction of sp³-hybridized carbons (Fsp3) is 0.208. The van der Waals surface area contributed by atoms with E-state index in [0.717, 1.165) is 11.3 Å². The van der Waals surface area contributed by atoms with Crippen molar-refractivity contribution in [1.29, 1.82) is 0 Å². The molecular weight excluding hydrogens is 412 g/mol. The maximum absolute atomic E-state index is 12.7. The van der Waals surface area contributed by atoms with Gasteiger partial charge in [-0.3, -0.25) is 9.52 Å². The minimum Gasteiger partial charge on any atom is -0.494 e. The van der Waals surface area contributed by atoms with Crippen LogP contribution in [0.3, 0.4) is 0 Å². The number of ether oxygens (including phenoxy) is 1. The maximum atomic E-state index is 12.7. The fourth-order valence-corrected chi connectivity index (χ4v) is 4.01. The Labute approximate surface area is 183 Å². The monoisotopic (exact) mass is 438 g/mol. The molecule has 0 aliphatic heterocycles. The van der Waals surface area contributed by atoms with Crippen LogP contribution in [0.25, 0.3) is 0 Å². The fourth-order valence-electron chi connectivity index (χ4n) is 2.92. The average Bonchev–Trinajstić information content (AvgIpc) is 2.75. The zero-order valence-electron chi connectivity index (χ0n) is 17.6. The highest BCUT2D eigenvalue weighted by atomic mass is 32.2. The van der Waals surface area contributed by atoms with Gasteiger partial charge >= 0.3 is 0 Å². The van der Waals surface area contributed by atoms with Gasteiger partial charge in [0.15, 0.2) is 0 Å². The molecule has 162 valence electrons. The van der Waals surface area contributed by atoms with Gasteiger partial charge in [-0.1, -0.05) is 42.0 Å². The van der Waals surface area contributed by atoms with Crippen molar-refractivity contribution in [3.63, 3.8) is 0 Å². The molecule has 6 nitrogen and oxygen atoms in total. The van der Waals surface area contributed by atoms with Gasteiger partial charge in [0.2, 0.25) is 0 Å². The van der Waals surface area contributed by atoms with Gasteiger partial charge in [0.05, 0.1) is 11.5 Å². The summed E-state index contributed by atoms with van der Waals surface area (Å²) in [4.78, 5) is 12.6. The second kappa shape index (κ2) is 10.1. The van der Waals surface area contributed by atoms with Crippen LogP contribution < -0.4 is 14.8 Å². The lowest BCUT2D eigenvalue weighted by molar-refractivity contribution is 0.0950. The Hall–Kier alpha value is -3.32. The molecule has 3 rings (SSSR count). The number of carbonyl (C=O) groups is 1. The predicted octanol–water partition coefficient (Wildman–Crippen LogP) is 4.30. The van der Waals surface area contributed by atoms with Crippen LogP contribution in [-0.2, 0) is 10.0 Å². The first-order chi connectivity index (χ1) is 14.8. The van der Waals surface area contributed by atoms with E-state index in [4.69, 9.17) is 4.74 Å². The Kier molecular flexibility index (Phi) is 7.31. The van der Waals surface area contributed by atoms with Crippen LogP contribution in [0.15, 0.2) is 77.7 Å². The topological polar surface area (TPSA) is 84.5 Å². The summed E-state index contributed by atoms with van der Waals surface area (Å²) in [6, 6.07) is 21.1. The summed E-state index contributed by atoms with van der Waals surface area (Å²) in [7, 11) is -3.81. The molecule has 0 heterocycles. The Morgan fingerprint density at radius 2 is 1.65 bits per heavy atom. The molecule has 0 aliphatic carbocycles. The van der Waals surface area contributed by atoms with Crippen LogP contribution in [0, 0.1) is 13.8 Å². The van der Waals surface area contributed by atoms with E-state index >= 15 is 0 Å². The van der Waals surface area contributed by atoms with Crippen molar-refractivity contribution in [2.45, 2.75) is 25.2 Å². The highest BCUT2D eigenvalue weighted by molar-refractivity contribution is 7.92. The molecule has 0 saturated carbocycles. The molecule has 0 fully saturated rings. The zero-order chi connectivity index (χ0) is 22.3. The number of rotatable bonds is 9. The predicted molar refractivity (Wildman–Crippen MR) is 122 cm³/mol. The number of benzene rings is 3. The normalized spacial score (nSPS) is 11.0. The molecule has 0 aromatic heterocycles. The molecule has 1 amide bonds. The SMILES string of the molecule is Cc1ccc(NS(=O)(=O)c2ccc(C)c(C(=O)NCCCOc3ccccc3)c2)cc1. The molecule has 0 saturated heterocycles. The summed E-state index contributed by atoms with van der Waals surface area (Å²) in [5, 5.41) is 2.83. The first kappa shape index (κ1) is 22.4. The molecule has 7 heteroatoms. The third-order valence-electron chi connectivity index (χ3n) is 4.69. The summed E-state index contributed by atoms with van der Waals surface area (Å²) in [6.07, 6.45) is 0.632. The number of carbonyl (C=O) groups excluding carboxylic acids is 1. The van der Waals surface area contributed by atoms with E-state index in [0.29, 0.717) is 36.4 Å². The first-order valence-electron chi connectivity index (χ1n) is 10.0. The zero-order valence-corrected chi connectivity index (χ0v) is 18.4. The highest BCUT2D eigenvalue weighted by Gasteiger charge is 2.18. The largest absolute Gasteiger partial charge is 0.494 e. The van der Waals surface area contributed by atoms with Crippen LogP contribution in [-0.4, -0.2) is 27.5 Å². The summed E-state index contributed by atoms with van der Waals surface area (Å²) < 4.78 is 33.6. The number of hydrogen-bond acceptors (Lipinski definition) is 4. The summed E-state index contributed by atoms with van der Waals surface area (Å²) >= 11 is 0. The van der Waals surface area contributed by atoms with Crippen molar-refractivity contribution >= 4 is 21.6 Å². The standard InChI is InChI=1S/C24H26N2O4S/c1-18-9-12-20(13-10-18)26-31(28,29)22-14-11-19(2)23(17-22)24(27)25-15-6-16-30-21-7-4-3-5-8-21/h3-5,7-14,17,26H,6,15-16H2,1-2H3,(H,25,27). The molecule has 31 heavy (non-hydrogen) atoms. The number of anilines is 1. The van der Waals surface area contributed by atoms with E-state index in [1.54, 1.807) is 25.1 Å². The number of amides is 1. The number of aryl methyl sites for hydroxylation is 2. The quantitative estimate of drug-likeness (QED) is 0.488. The van der Waals surface area contributed by atoms with Crippen LogP contribution in [0.4, 0.5) is 5.69 Å². The smallest absolute Gasteiger partial charge is 0.261 e. The van der Waals surface area contributed by atoms with Crippen LogP contribution in [0.5, 0.6) is 5.75 Å². The highest BCUT2D eigenvalue weighted by Crippen LogP contribution is 2.20. The number of para-hydroxylation sites is 1. The first-order valence-corrected chi connectivity index (χ1v) is 11.5. The molecule has 3 aromatic carbocycles. The van der Waals surface area contributed by atoms with Crippen molar-refractivity contribution < 1.29 is 17.9 Å². The van der Waals surface area contributed by atoms with Gasteiger partial charge in [0, 0.05) is 17.8 Å². The minimum atomic E-state index is -3.81. The molecule has 0 atom stereocenters. The van der Waals surface area contributed by atoms with Gasteiger partial charge in [-0.25, -0.2) is 8.42 Å². The van der Waals surface area contributed by atoms with Gasteiger partial charge in [0.1, 0.15) is 5.75 Å².